The Kier molecular flexibility index (Phi) is 4.02. The van der Waals surface area contributed by atoms with Gasteiger partial charge in [0.25, 0.3) is 0 Å². The van der Waals surface area contributed by atoms with E-state index >= 15 is 0 Å². The quantitative estimate of drug-likeness (QED) is 0.627. The van der Waals surface area contributed by atoms with Gasteiger partial charge in [0.15, 0.2) is 0 Å². The van der Waals surface area contributed by atoms with Gasteiger partial charge >= 0.3 is 0 Å². The van der Waals surface area contributed by atoms with E-state index in [0.717, 1.165) is 5.92 Å². The molecule has 0 saturated carbocycles. The minimum Gasteiger partial charge on any atom is -0.306 e. The van der Waals surface area contributed by atoms with Gasteiger partial charge in [-0.15, -0.1) is 0 Å². The molecule has 0 radical (unpaired) electrons. The van der Waals surface area contributed by atoms with E-state index in [1.807, 2.05) is 0 Å². The van der Waals surface area contributed by atoms with Gasteiger partial charge in [-0.2, -0.15) is 0 Å². The van der Waals surface area contributed by atoms with Crippen LogP contribution in [0, 0.1) is 5.92 Å². The number of nitrogens with zero attached hydrogens (tertiary/aromatic N) is 2. The zero-order valence-electron chi connectivity index (χ0n) is 8.71. The summed E-state index contributed by atoms with van der Waals surface area (Å²) < 4.78 is 0. The summed E-state index contributed by atoms with van der Waals surface area (Å²) in [6.45, 7) is 10.8. The van der Waals surface area contributed by atoms with Crippen molar-refractivity contribution >= 4 is 0 Å². The Morgan fingerprint density at radius 1 is 1.33 bits per heavy atom. The van der Waals surface area contributed by atoms with Gasteiger partial charge in [0.2, 0.25) is 0 Å². The molecule has 0 aromatic carbocycles. The molecule has 1 rings (SSSR count). The topological polar surface area (TPSA) is 6.48 Å². The number of likely N-dealkylation sites (tertiary alicyclic amines) is 1. The maximum absolute atomic E-state index is 2.53. The van der Waals surface area contributed by atoms with Crippen LogP contribution >= 0.6 is 0 Å². The summed E-state index contributed by atoms with van der Waals surface area (Å²) in [5, 5.41) is 0. The van der Waals surface area contributed by atoms with Crippen LogP contribution in [0.3, 0.4) is 0 Å². The summed E-state index contributed by atoms with van der Waals surface area (Å²) in [4.78, 5) is 4.97. The highest BCUT2D eigenvalue weighted by Crippen LogP contribution is 2.15. The van der Waals surface area contributed by atoms with E-state index in [9.17, 15) is 0 Å². The van der Waals surface area contributed by atoms with Gasteiger partial charge in [0.05, 0.1) is 0 Å². The molecule has 0 amide bonds. The molecule has 2 nitrogen and oxygen atoms in total. The van der Waals surface area contributed by atoms with Crippen LogP contribution in [0.2, 0.25) is 0 Å². The molecule has 0 spiro atoms. The van der Waals surface area contributed by atoms with Crippen LogP contribution < -0.4 is 0 Å². The van der Waals surface area contributed by atoms with Crippen LogP contribution in [0.5, 0.6) is 0 Å². The molecule has 1 fully saturated rings. The van der Waals surface area contributed by atoms with Gasteiger partial charge in [0.1, 0.15) is 0 Å². The lowest BCUT2D eigenvalue weighted by Crippen LogP contribution is -2.30. The average Bonchev–Trinajstić information content (AvgIpc) is 2.47. The second-order valence-corrected chi connectivity index (χ2v) is 3.90. The number of hydrogen-bond acceptors (Lipinski definition) is 2. The van der Waals surface area contributed by atoms with Crippen molar-refractivity contribution in [1.29, 1.82) is 0 Å². The maximum atomic E-state index is 2.53. The smallest absolute Gasteiger partial charge is 0.00221 e. The van der Waals surface area contributed by atoms with Crippen LogP contribution in [0.1, 0.15) is 20.3 Å². The Balaban J connectivity index is 2.21. The van der Waals surface area contributed by atoms with E-state index < -0.39 is 0 Å². The summed E-state index contributed by atoms with van der Waals surface area (Å²) in [5.41, 5.74) is 0. The van der Waals surface area contributed by atoms with Crippen molar-refractivity contribution < 1.29 is 0 Å². The average molecular weight is 170 g/mol. The van der Waals surface area contributed by atoms with Gasteiger partial charge in [0, 0.05) is 13.1 Å². The highest BCUT2D eigenvalue weighted by atomic mass is 15.2. The molecular formula is C10H22N2. The lowest BCUT2D eigenvalue weighted by Gasteiger charge is -2.21. The van der Waals surface area contributed by atoms with Crippen LogP contribution in [-0.2, 0) is 0 Å². The Hall–Kier alpha value is -0.0800. The van der Waals surface area contributed by atoms with Crippen molar-refractivity contribution in [2.75, 3.05) is 39.8 Å². The fraction of sp³-hybridized carbons (Fsp3) is 1.00. The van der Waals surface area contributed by atoms with Crippen molar-refractivity contribution in [1.82, 2.24) is 9.80 Å². The molecule has 1 heterocycles. The van der Waals surface area contributed by atoms with E-state index in [0.29, 0.717) is 0 Å². The first kappa shape index (κ1) is 10.0. The monoisotopic (exact) mass is 170 g/mol. The molecule has 12 heavy (non-hydrogen) atoms. The molecule has 1 aliphatic heterocycles. The molecule has 72 valence electrons. The van der Waals surface area contributed by atoms with E-state index in [2.05, 4.69) is 30.7 Å². The Labute approximate surface area is 76.5 Å². The van der Waals surface area contributed by atoms with Crippen LogP contribution in [0.15, 0.2) is 0 Å². The predicted molar refractivity (Wildman–Crippen MR) is 53.4 cm³/mol. The van der Waals surface area contributed by atoms with Gasteiger partial charge in [-0.3, -0.25) is 0 Å². The van der Waals surface area contributed by atoms with Crippen LogP contribution in [-0.4, -0.2) is 49.6 Å². The summed E-state index contributed by atoms with van der Waals surface area (Å²) in [7, 11) is 2.22. The minimum atomic E-state index is 0.926. The Bertz CT molecular complexity index is 121. The first-order valence-corrected chi connectivity index (χ1v) is 5.17. The minimum absolute atomic E-state index is 0.926. The third-order valence-electron chi connectivity index (χ3n) is 2.90. The molecule has 1 saturated heterocycles. The van der Waals surface area contributed by atoms with Crippen molar-refractivity contribution in [3.8, 4) is 0 Å². The summed E-state index contributed by atoms with van der Waals surface area (Å²) in [5.74, 6) is 0.926. The second-order valence-electron chi connectivity index (χ2n) is 3.90. The SMILES string of the molecule is CCN(CC)CC1CCN(C)C1. The molecule has 0 aromatic heterocycles. The zero-order valence-corrected chi connectivity index (χ0v) is 8.71. The molecule has 1 aliphatic rings. The maximum Gasteiger partial charge on any atom is 0.00221 e. The third-order valence-corrected chi connectivity index (χ3v) is 2.90. The van der Waals surface area contributed by atoms with Gasteiger partial charge in [-0.05, 0) is 39.0 Å². The van der Waals surface area contributed by atoms with Crippen LogP contribution in [0.25, 0.3) is 0 Å². The molecule has 0 aromatic rings. The highest BCUT2D eigenvalue weighted by molar-refractivity contribution is 4.75. The van der Waals surface area contributed by atoms with Crippen molar-refractivity contribution in [2.24, 2.45) is 5.92 Å². The molecule has 2 heteroatoms. The van der Waals surface area contributed by atoms with E-state index in [4.69, 9.17) is 0 Å². The number of hydrogen-bond donors (Lipinski definition) is 0. The van der Waals surface area contributed by atoms with Crippen molar-refractivity contribution in [2.45, 2.75) is 20.3 Å². The van der Waals surface area contributed by atoms with E-state index in [1.54, 1.807) is 0 Å². The first-order valence-electron chi connectivity index (χ1n) is 5.17. The molecule has 0 aliphatic carbocycles. The lowest BCUT2D eigenvalue weighted by atomic mass is 10.1. The lowest BCUT2D eigenvalue weighted by molar-refractivity contribution is 0.251. The molecule has 0 N–H and O–H groups in total. The second kappa shape index (κ2) is 4.83. The fourth-order valence-electron chi connectivity index (χ4n) is 2.02. The molecule has 1 atom stereocenters. The normalized spacial score (nSPS) is 25.5. The van der Waals surface area contributed by atoms with Gasteiger partial charge in [-0.1, -0.05) is 13.8 Å². The van der Waals surface area contributed by atoms with Crippen molar-refractivity contribution in [3.63, 3.8) is 0 Å². The zero-order chi connectivity index (χ0) is 8.97. The first-order chi connectivity index (χ1) is 5.76. The molecule has 1 unspecified atom stereocenters. The Morgan fingerprint density at radius 2 is 2.00 bits per heavy atom. The largest absolute Gasteiger partial charge is 0.306 e. The predicted octanol–water partition coefficient (Wildman–Crippen LogP) is 1.28. The third kappa shape index (κ3) is 2.76. The fourth-order valence-corrected chi connectivity index (χ4v) is 2.02. The van der Waals surface area contributed by atoms with E-state index in [-0.39, 0.29) is 0 Å². The number of rotatable bonds is 4. The van der Waals surface area contributed by atoms with Gasteiger partial charge < -0.3 is 9.80 Å². The molecule has 0 bridgehead atoms. The standard InChI is InChI=1S/C10H22N2/c1-4-12(5-2)9-10-6-7-11(3)8-10/h10H,4-9H2,1-3H3. The summed E-state index contributed by atoms with van der Waals surface area (Å²) in [6, 6.07) is 0. The summed E-state index contributed by atoms with van der Waals surface area (Å²) in [6.07, 6.45) is 1.40. The van der Waals surface area contributed by atoms with E-state index in [1.165, 1.54) is 39.1 Å². The Morgan fingerprint density at radius 3 is 2.42 bits per heavy atom. The summed E-state index contributed by atoms with van der Waals surface area (Å²) >= 11 is 0. The highest BCUT2D eigenvalue weighted by Gasteiger charge is 2.20. The molecular weight excluding hydrogens is 148 g/mol. The van der Waals surface area contributed by atoms with Gasteiger partial charge in [-0.25, -0.2) is 0 Å². The van der Waals surface area contributed by atoms with Crippen LogP contribution in [0.4, 0.5) is 0 Å². The van der Waals surface area contributed by atoms with Crippen molar-refractivity contribution in [3.05, 3.63) is 0 Å².